The second-order valence-electron chi connectivity index (χ2n) is 5.72. The summed E-state index contributed by atoms with van der Waals surface area (Å²) in [5.41, 5.74) is 0. The molecule has 0 aromatic rings. The zero-order chi connectivity index (χ0) is 11.5. The van der Waals surface area contributed by atoms with Crippen molar-refractivity contribution >= 4 is 0 Å². The number of ether oxygens (including phenoxy) is 1. The Balaban J connectivity index is 1.60. The first kappa shape index (κ1) is 12.3. The number of likely N-dealkylation sites (tertiary alicyclic amines) is 2. The van der Waals surface area contributed by atoms with Crippen molar-refractivity contribution in [1.29, 1.82) is 0 Å². The first-order valence-corrected chi connectivity index (χ1v) is 6.73. The minimum Gasteiger partial charge on any atom is -0.377 e. The third-order valence-corrected chi connectivity index (χ3v) is 3.71. The van der Waals surface area contributed by atoms with Gasteiger partial charge in [-0.15, -0.1) is 0 Å². The molecule has 2 rings (SSSR count). The summed E-state index contributed by atoms with van der Waals surface area (Å²) in [5, 5.41) is 0. The van der Waals surface area contributed by atoms with Crippen LogP contribution >= 0.6 is 0 Å². The molecule has 0 aliphatic carbocycles. The highest BCUT2D eigenvalue weighted by Gasteiger charge is 2.33. The Labute approximate surface area is 99.7 Å². The van der Waals surface area contributed by atoms with E-state index in [1.807, 2.05) is 0 Å². The van der Waals surface area contributed by atoms with Crippen molar-refractivity contribution in [3.8, 4) is 0 Å². The average molecular weight is 226 g/mol. The highest BCUT2D eigenvalue weighted by molar-refractivity contribution is 4.89. The van der Waals surface area contributed by atoms with Gasteiger partial charge in [0.25, 0.3) is 0 Å². The third kappa shape index (κ3) is 3.19. The van der Waals surface area contributed by atoms with E-state index in [-0.39, 0.29) is 0 Å². The molecule has 0 N–H and O–H groups in total. The van der Waals surface area contributed by atoms with Crippen LogP contribution in [0.4, 0.5) is 0 Å². The summed E-state index contributed by atoms with van der Waals surface area (Å²) in [6.07, 6.45) is 1.73. The van der Waals surface area contributed by atoms with Crippen LogP contribution in [0.5, 0.6) is 0 Å². The molecule has 1 unspecified atom stereocenters. The normalized spacial score (nSPS) is 28.9. The second kappa shape index (κ2) is 5.48. The van der Waals surface area contributed by atoms with Crippen molar-refractivity contribution in [3.63, 3.8) is 0 Å². The van der Waals surface area contributed by atoms with E-state index in [9.17, 15) is 0 Å². The predicted molar refractivity (Wildman–Crippen MR) is 66.7 cm³/mol. The topological polar surface area (TPSA) is 15.7 Å². The summed E-state index contributed by atoms with van der Waals surface area (Å²) >= 11 is 0. The minimum atomic E-state index is 0.370. The van der Waals surface area contributed by atoms with Crippen molar-refractivity contribution < 1.29 is 4.74 Å². The van der Waals surface area contributed by atoms with Crippen LogP contribution in [0.3, 0.4) is 0 Å². The van der Waals surface area contributed by atoms with Crippen molar-refractivity contribution in [3.05, 3.63) is 0 Å². The largest absolute Gasteiger partial charge is 0.377 e. The maximum absolute atomic E-state index is 5.60. The molecular weight excluding hydrogens is 200 g/mol. The maximum Gasteiger partial charge on any atom is 0.0596 e. The zero-order valence-corrected chi connectivity index (χ0v) is 11.0. The summed E-state index contributed by atoms with van der Waals surface area (Å²) in [7, 11) is 0. The van der Waals surface area contributed by atoms with E-state index in [2.05, 4.69) is 30.6 Å². The van der Waals surface area contributed by atoms with E-state index in [0.717, 1.165) is 25.1 Å². The molecule has 1 atom stereocenters. The van der Waals surface area contributed by atoms with E-state index in [0.29, 0.717) is 6.10 Å². The first-order chi connectivity index (χ1) is 7.65. The molecule has 0 spiro atoms. The maximum atomic E-state index is 5.60. The highest BCUT2D eigenvalue weighted by atomic mass is 16.5. The SMILES string of the molecule is CC1CN(C2CCN(CCOC(C)C)C2)C1. The Morgan fingerprint density at radius 2 is 2.00 bits per heavy atom. The third-order valence-electron chi connectivity index (χ3n) is 3.71. The molecule has 2 heterocycles. The van der Waals surface area contributed by atoms with Crippen LogP contribution in [0.15, 0.2) is 0 Å². The van der Waals surface area contributed by atoms with Crippen LogP contribution in [0.1, 0.15) is 27.2 Å². The van der Waals surface area contributed by atoms with Crippen LogP contribution in [-0.2, 0) is 4.74 Å². The van der Waals surface area contributed by atoms with Gasteiger partial charge in [-0.25, -0.2) is 0 Å². The molecule has 2 aliphatic heterocycles. The fourth-order valence-corrected chi connectivity index (χ4v) is 2.78. The van der Waals surface area contributed by atoms with Gasteiger partial charge in [-0.05, 0) is 32.7 Å². The molecule has 2 fully saturated rings. The van der Waals surface area contributed by atoms with Crippen LogP contribution in [-0.4, -0.2) is 61.3 Å². The number of nitrogens with zero attached hydrogens (tertiary/aromatic N) is 2. The standard InChI is InChI=1S/C13H26N2O/c1-11(2)16-7-6-14-5-4-13(10-14)15-8-12(3)9-15/h11-13H,4-10H2,1-3H3. The number of rotatable bonds is 5. The van der Waals surface area contributed by atoms with Crippen LogP contribution in [0.2, 0.25) is 0 Å². The molecule has 0 bridgehead atoms. The van der Waals surface area contributed by atoms with Gasteiger partial charge < -0.3 is 4.74 Å². The molecule has 2 aliphatic rings. The number of hydrogen-bond donors (Lipinski definition) is 0. The lowest BCUT2D eigenvalue weighted by Crippen LogP contribution is -2.51. The zero-order valence-electron chi connectivity index (χ0n) is 11.0. The fraction of sp³-hybridized carbons (Fsp3) is 1.00. The smallest absolute Gasteiger partial charge is 0.0596 e. The predicted octanol–water partition coefficient (Wildman–Crippen LogP) is 1.44. The summed E-state index contributed by atoms with van der Waals surface area (Å²) in [6.45, 7) is 13.7. The molecule has 0 aromatic carbocycles. The number of hydrogen-bond acceptors (Lipinski definition) is 3. The molecular formula is C13H26N2O. The molecule has 3 nitrogen and oxygen atoms in total. The molecule has 16 heavy (non-hydrogen) atoms. The molecule has 3 heteroatoms. The van der Waals surface area contributed by atoms with Gasteiger partial charge in [0, 0.05) is 32.2 Å². The van der Waals surface area contributed by atoms with Gasteiger partial charge >= 0.3 is 0 Å². The molecule has 0 aromatic heterocycles. The summed E-state index contributed by atoms with van der Waals surface area (Å²) in [5.74, 6) is 0.929. The van der Waals surface area contributed by atoms with Crippen LogP contribution in [0.25, 0.3) is 0 Å². The average Bonchev–Trinajstić information content (AvgIpc) is 2.61. The second-order valence-corrected chi connectivity index (χ2v) is 5.72. The van der Waals surface area contributed by atoms with Gasteiger partial charge in [-0.3, -0.25) is 9.80 Å². The Hall–Kier alpha value is -0.120. The monoisotopic (exact) mass is 226 g/mol. The van der Waals surface area contributed by atoms with Crippen molar-refractivity contribution in [1.82, 2.24) is 9.80 Å². The summed E-state index contributed by atoms with van der Waals surface area (Å²) in [4.78, 5) is 5.20. The van der Waals surface area contributed by atoms with E-state index in [1.165, 1.54) is 32.6 Å². The summed E-state index contributed by atoms with van der Waals surface area (Å²) in [6, 6.07) is 0.829. The van der Waals surface area contributed by atoms with Gasteiger partial charge in [-0.2, -0.15) is 0 Å². The lowest BCUT2D eigenvalue weighted by molar-refractivity contribution is 0.0507. The first-order valence-electron chi connectivity index (χ1n) is 6.73. The molecule has 94 valence electrons. The van der Waals surface area contributed by atoms with Gasteiger partial charge in [-0.1, -0.05) is 6.92 Å². The van der Waals surface area contributed by atoms with Crippen molar-refractivity contribution in [2.45, 2.75) is 39.3 Å². The Bertz CT molecular complexity index is 214. The van der Waals surface area contributed by atoms with E-state index in [1.54, 1.807) is 0 Å². The molecule has 0 amide bonds. The van der Waals surface area contributed by atoms with E-state index < -0.39 is 0 Å². The van der Waals surface area contributed by atoms with E-state index in [4.69, 9.17) is 4.74 Å². The summed E-state index contributed by atoms with van der Waals surface area (Å²) < 4.78 is 5.60. The fourth-order valence-electron chi connectivity index (χ4n) is 2.78. The van der Waals surface area contributed by atoms with Crippen LogP contribution < -0.4 is 0 Å². The Morgan fingerprint density at radius 1 is 1.25 bits per heavy atom. The lowest BCUT2D eigenvalue weighted by atomic mass is 9.99. The molecule has 0 radical (unpaired) electrons. The van der Waals surface area contributed by atoms with Crippen LogP contribution in [0, 0.1) is 5.92 Å². The van der Waals surface area contributed by atoms with Gasteiger partial charge in [0.15, 0.2) is 0 Å². The highest BCUT2D eigenvalue weighted by Crippen LogP contribution is 2.23. The van der Waals surface area contributed by atoms with Gasteiger partial charge in [0.05, 0.1) is 12.7 Å². The van der Waals surface area contributed by atoms with Gasteiger partial charge in [0.1, 0.15) is 0 Å². The van der Waals surface area contributed by atoms with Crippen molar-refractivity contribution in [2.75, 3.05) is 39.3 Å². The Morgan fingerprint density at radius 3 is 2.62 bits per heavy atom. The quantitative estimate of drug-likeness (QED) is 0.705. The van der Waals surface area contributed by atoms with E-state index >= 15 is 0 Å². The molecule has 0 saturated carbocycles. The lowest BCUT2D eigenvalue weighted by Gasteiger charge is -2.41. The minimum absolute atomic E-state index is 0.370. The van der Waals surface area contributed by atoms with Crippen molar-refractivity contribution in [2.24, 2.45) is 5.92 Å². The Kier molecular flexibility index (Phi) is 4.22. The van der Waals surface area contributed by atoms with Gasteiger partial charge in [0.2, 0.25) is 0 Å². The molecule has 2 saturated heterocycles.